The van der Waals surface area contributed by atoms with Gasteiger partial charge in [0.05, 0.1) is 0 Å². The van der Waals surface area contributed by atoms with Crippen LogP contribution in [-0.4, -0.2) is 0 Å². The van der Waals surface area contributed by atoms with Crippen LogP contribution in [0.5, 0.6) is 0 Å². The van der Waals surface area contributed by atoms with Crippen molar-refractivity contribution in [1.29, 1.82) is 0 Å². The van der Waals surface area contributed by atoms with Crippen LogP contribution in [0.3, 0.4) is 0 Å². The fourth-order valence-corrected chi connectivity index (χ4v) is 4.21. The molecule has 0 aromatic heterocycles. The van der Waals surface area contributed by atoms with Crippen LogP contribution in [-0.2, 0) is 0 Å². The number of unbranched alkanes of at least 4 members (excludes halogenated alkanes) is 19. The topological polar surface area (TPSA) is 0 Å². The molecular formula is C30H56. The van der Waals surface area contributed by atoms with Crippen LogP contribution in [0, 0.1) is 31.6 Å². The molecule has 0 saturated heterocycles. The van der Waals surface area contributed by atoms with E-state index in [1.54, 1.807) is 0 Å². The third-order valence-electron chi connectivity index (χ3n) is 6.37. The molecule has 1 atom stereocenters. The van der Waals surface area contributed by atoms with Crippen LogP contribution in [0.25, 0.3) is 0 Å². The third kappa shape index (κ3) is 25.6. The van der Waals surface area contributed by atoms with Crippen molar-refractivity contribution in [3.05, 3.63) is 13.8 Å². The lowest BCUT2D eigenvalue weighted by atomic mass is 9.96. The molecule has 0 heterocycles. The van der Waals surface area contributed by atoms with E-state index in [-0.39, 0.29) is 0 Å². The highest BCUT2D eigenvalue weighted by atomic mass is 14.1. The van der Waals surface area contributed by atoms with Gasteiger partial charge in [-0.15, -0.1) is 11.8 Å². The van der Waals surface area contributed by atoms with Gasteiger partial charge in [-0.05, 0) is 18.8 Å². The molecule has 0 N–H and O–H groups in total. The van der Waals surface area contributed by atoms with Gasteiger partial charge in [-0.3, -0.25) is 0 Å². The van der Waals surface area contributed by atoms with E-state index < -0.39 is 0 Å². The van der Waals surface area contributed by atoms with Crippen LogP contribution in [0.1, 0.15) is 161 Å². The van der Waals surface area contributed by atoms with Crippen LogP contribution in [0.4, 0.5) is 0 Å². The van der Waals surface area contributed by atoms with Gasteiger partial charge in [-0.2, -0.15) is 0 Å². The predicted octanol–water partition coefficient (Wildman–Crippen LogP) is 10.7. The number of hydrogen-bond donors (Lipinski definition) is 0. The molecule has 0 aromatic rings. The molecule has 0 bridgehead atoms. The van der Waals surface area contributed by atoms with E-state index >= 15 is 0 Å². The largest absolute Gasteiger partial charge is 0.103 e. The van der Waals surface area contributed by atoms with Crippen molar-refractivity contribution < 1.29 is 0 Å². The maximum atomic E-state index is 3.92. The average Bonchev–Trinajstić information content (AvgIpc) is 2.75. The van der Waals surface area contributed by atoms with Crippen molar-refractivity contribution in [3.8, 4) is 11.8 Å². The second-order valence-corrected chi connectivity index (χ2v) is 9.61. The summed E-state index contributed by atoms with van der Waals surface area (Å²) in [6.07, 6.45) is 32.3. The van der Waals surface area contributed by atoms with E-state index in [4.69, 9.17) is 0 Å². The Bertz CT molecular complexity index is 358. The van der Waals surface area contributed by atoms with Crippen molar-refractivity contribution in [3.63, 3.8) is 0 Å². The first kappa shape index (κ1) is 29.6. The lowest BCUT2D eigenvalue weighted by Crippen LogP contribution is -1.95. The van der Waals surface area contributed by atoms with Gasteiger partial charge >= 0.3 is 0 Å². The van der Waals surface area contributed by atoms with E-state index in [1.807, 2.05) is 0 Å². The van der Waals surface area contributed by atoms with Crippen LogP contribution in [0.2, 0.25) is 0 Å². The minimum Gasteiger partial charge on any atom is -0.103 e. The Hall–Kier alpha value is -0.440. The van der Waals surface area contributed by atoms with E-state index in [0.29, 0.717) is 0 Å². The van der Waals surface area contributed by atoms with Crippen LogP contribution in [0.15, 0.2) is 0 Å². The number of hydrogen-bond acceptors (Lipinski definition) is 0. The van der Waals surface area contributed by atoms with Gasteiger partial charge in [0.2, 0.25) is 0 Å². The Morgan fingerprint density at radius 3 is 1.13 bits per heavy atom. The quantitative estimate of drug-likeness (QED) is 0.115. The molecule has 176 valence electrons. The highest BCUT2D eigenvalue weighted by Crippen LogP contribution is 2.18. The predicted molar refractivity (Wildman–Crippen MR) is 138 cm³/mol. The summed E-state index contributed by atoms with van der Waals surface area (Å²) in [7, 11) is 0. The SMILES string of the molecule is [CH2]CCCCCCCCCCCC#CCCCCCC(C)CCCCCCCC[CH2]. The Balaban J connectivity index is 3.22. The maximum absolute atomic E-state index is 3.92. The molecule has 30 heavy (non-hydrogen) atoms. The first-order valence-corrected chi connectivity index (χ1v) is 13.9. The smallest absolute Gasteiger partial charge is 0.00886 e. The third-order valence-corrected chi connectivity index (χ3v) is 6.37. The van der Waals surface area contributed by atoms with Gasteiger partial charge in [0.1, 0.15) is 0 Å². The van der Waals surface area contributed by atoms with Crippen molar-refractivity contribution >= 4 is 0 Å². The summed E-state index contributed by atoms with van der Waals surface area (Å²) in [6, 6.07) is 0. The average molecular weight is 417 g/mol. The lowest BCUT2D eigenvalue weighted by Gasteiger charge is -2.10. The van der Waals surface area contributed by atoms with Crippen molar-refractivity contribution in [2.24, 2.45) is 5.92 Å². The van der Waals surface area contributed by atoms with E-state index in [2.05, 4.69) is 32.6 Å². The van der Waals surface area contributed by atoms with Gasteiger partial charge in [0, 0.05) is 12.8 Å². The summed E-state index contributed by atoms with van der Waals surface area (Å²) in [6.45, 7) is 10.3. The van der Waals surface area contributed by atoms with Gasteiger partial charge in [-0.1, -0.05) is 149 Å². The van der Waals surface area contributed by atoms with Crippen molar-refractivity contribution in [2.45, 2.75) is 161 Å². The van der Waals surface area contributed by atoms with Crippen LogP contribution >= 0.6 is 0 Å². The monoisotopic (exact) mass is 416 g/mol. The Labute approximate surface area is 192 Å². The Kier molecular flexibility index (Phi) is 26.2. The fraction of sp³-hybridized carbons (Fsp3) is 0.867. The second-order valence-electron chi connectivity index (χ2n) is 9.61. The molecule has 0 nitrogen and oxygen atoms in total. The zero-order valence-corrected chi connectivity index (χ0v) is 21.0. The van der Waals surface area contributed by atoms with Crippen molar-refractivity contribution in [1.82, 2.24) is 0 Å². The Morgan fingerprint density at radius 1 is 0.433 bits per heavy atom. The molecule has 0 heteroatoms. The first-order valence-electron chi connectivity index (χ1n) is 13.9. The molecule has 0 fully saturated rings. The zero-order chi connectivity index (χ0) is 22.0. The second kappa shape index (κ2) is 26.6. The minimum absolute atomic E-state index is 0.921. The molecule has 0 aliphatic rings. The van der Waals surface area contributed by atoms with Gasteiger partial charge in [0.15, 0.2) is 0 Å². The lowest BCUT2D eigenvalue weighted by molar-refractivity contribution is 0.435. The molecule has 0 rings (SSSR count). The molecule has 0 aliphatic heterocycles. The van der Waals surface area contributed by atoms with E-state index in [0.717, 1.165) is 31.6 Å². The molecule has 1 unspecified atom stereocenters. The summed E-state index contributed by atoms with van der Waals surface area (Å²) in [5.74, 6) is 7.73. The molecule has 2 radical (unpaired) electrons. The molecule has 0 saturated carbocycles. The van der Waals surface area contributed by atoms with Gasteiger partial charge < -0.3 is 0 Å². The van der Waals surface area contributed by atoms with Crippen LogP contribution < -0.4 is 0 Å². The zero-order valence-electron chi connectivity index (χ0n) is 21.0. The standard InChI is InChI=1S/C30H56/c1-4-6-8-10-12-13-14-15-16-17-18-19-20-21-23-25-27-29-30(3)28-26-24-22-11-9-7-5-2/h30H,1-2,4-18,21-29H2,3H3. The molecule has 0 aliphatic carbocycles. The minimum atomic E-state index is 0.921. The molecule has 0 aromatic carbocycles. The van der Waals surface area contributed by atoms with E-state index in [9.17, 15) is 0 Å². The molecule has 0 amide bonds. The Morgan fingerprint density at radius 2 is 0.733 bits per heavy atom. The maximum Gasteiger partial charge on any atom is 0.00886 e. The van der Waals surface area contributed by atoms with Gasteiger partial charge in [0.25, 0.3) is 0 Å². The van der Waals surface area contributed by atoms with Crippen molar-refractivity contribution in [2.75, 3.05) is 0 Å². The highest BCUT2D eigenvalue weighted by molar-refractivity contribution is 4.98. The van der Waals surface area contributed by atoms with Gasteiger partial charge in [-0.25, -0.2) is 0 Å². The summed E-state index contributed by atoms with van der Waals surface area (Å²) >= 11 is 0. The number of rotatable bonds is 23. The summed E-state index contributed by atoms with van der Waals surface area (Å²) in [5, 5.41) is 0. The summed E-state index contributed by atoms with van der Waals surface area (Å²) in [5.41, 5.74) is 0. The van der Waals surface area contributed by atoms with E-state index in [1.165, 1.54) is 128 Å². The first-order chi connectivity index (χ1) is 14.8. The summed E-state index contributed by atoms with van der Waals surface area (Å²) in [4.78, 5) is 0. The highest BCUT2D eigenvalue weighted by Gasteiger charge is 2.02. The molecular weight excluding hydrogens is 360 g/mol. The molecule has 0 spiro atoms. The fourth-order valence-electron chi connectivity index (χ4n) is 4.21. The normalized spacial score (nSPS) is 12.0. The summed E-state index contributed by atoms with van der Waals surface area (Å²) < 4.78 is 0.